The number of benzene rings is 3. The molecule has 11 heteroatoms. The highest BCUT2D eigenvalue weighted by Gasteiger charge is 2.32. The van der Waals surface area contributed by atoms with E-state index in [1.165, 1.54) is 54.1 Å². The maximum atomic E-state index is 14.0. The van der Waals surface area contributed by atoms with E-state index in [9.17, 15) is 18.0 Å². The fourth-order valence-electron chi connectivity index (χ4n) is 4.14. The van der Waals surface area contributed by atoms with Crippen molar-refractivity contribution in [2.45, 2.75) is 24.3 Å². The minimum absolute atomic E-state index is 0.0928. The molecule has 1 atom stereocenters. The molecule has 0 fully saturated rings. The van der Waals surface area contributed by atoms with Gasteiger partial charge in [-0.2, -0.15) is 3.97 Å². The fourth-order valence-corrected chi connectivity index (χ4v) is 5.71. The second-order valence-corrected chi connectivity index (χ2v) is 10.7. The van der Waals surface area contributed by atoms with Crippen molar-refractivity contribution in [3.8, 4) is 5.75 Å². The van der Waals surface area contributed by atoms with Crippen molar-refractivity contribution in [3.63, 3.8) is 0 Å². The smallest absolute Gasteiger partial charge is 0.344 e. The van der Waals surface area contributed by atoms with E-state index >= 15 is 0 Å². The molecule has 0 radical (unpaired) electrons. The summed E-state index contributed by atoms with van der Waals surface area (Å²) in [7, 11) is -2.88. The number of nitrogens with one attached hydrogen (secondary N) is 1. The van der Waals surface area contributed by atoms with Crippen LogP contribution in [0.5, 0.6) is 5.75 Å². The van der Waals surface area contributed by atoms with Gasteiger partial charge in [-0.3, -0.25) is 9.36 Å². The highest BCUT2D eigenvalue weighted by molar-refractivity contribution is 7.90. The lowest BCUT2D eigenvalue weighted by atomic mass is 10.1. The molecule has 4 aromatic rings. The zero-order chi connectivity index (χ0) is 27.3. The van der Waals surface area contributed by atoms with E-state index in [4.69, 9.17) is 21.1 Å². The lowest BCUT2D eigenvalue weighted by molar-refractivity contribution is -0.123. The number of ether oxygens (including phenoxy) is 2. The molecule has 1 N–H and O–H groups in total. The second kappa shape index (κ2) is 11.8. The summed E-state index contributed by atoms with van der Waals surface area (Å²) in [6.45, 7) is 3.07. The third kappa shape index (κ3) is 5.47. The van der Waals surface area contributed by atoms with Gasteiger partial charge in [-0.15, -0.1) is 0 Å². The lowest BCUT2D eigenvalue weighted by Crippen LogP contribution is -2.40. The number of nitrogens with zero attached hydrogens (tertiary/aromatic N) is 2. The molecular formula is C27H28ClN3O6S. The Morgan fingerprint density at radius 2 is 1.71 bits per heavy atom. The van der Waals surface area contributed by atoms with Crippen LogP contribution >= 0.6 is 11.6 Å². The predicted octanol–water partition coefficient (Wildman–Crippen LogP) is 3.83. The molecule has 0 aliphatic carbocycles. The number of amides is 1. The number of methoxy groups -OCH3 is 1. The Kier molecular flexibility index (Phi) is 8.55. The van der Waals surface area contributed by atoms with Crippen molar-refractivity contribution in [1.29, 1.82) is 0 Å². The van der Waals surface area contributed by atoms with Crippen molar-refractivity contribution in [3.05, 3.63) is 93.9 Å². The SMILES string of the molecule is CCCOCCNC(=O)C(c1ccccc1)n1c(=O)n(S(=O)(=O)c2ccc(OC)cc2)c2ccc(Cl)cc21. The third-order valence-electron chi connectivity index (χ3n) is 5.91. The van der Waals surface area contributed by atoms with Gasteiger partial charge < -0.3 is 14.8 Å². The first-order valence-corrected chi connectivity index (χ1v) is 13.8. The van der Waals surface area contributed by atoms with Gasteiger partial charge in [0.15, 0.2) is 0 Å². The summed E-state index contributed by atoms with van der Waals surface area (Å²) >= 11 is 6.27. The largest absolute Gasteiger partial charge is 0.497 e. The molecule has 1 unspecified atom stereocenters. The van der Waals surface area contributed by atoms with Crippen LogP contribution in [0, 0.1) is 0 Å². The molecule has 0 bridgehead atoms. The van der Waals surface area contributed by atoms with Gasteiger partial charge in [-0.1, -0.05) is 48.9 Å². The Hall–Kier alpha value is -3.60. The van der Waals surface area contributed by atoms with Crippen molar-refractivity contribution in [2.75, 3.05) is 26.9 Å². The average Bonchev–Trinajstić information content (AvgIpc) is 3.21. The molecule has 0 saturated carbocycles. The van der Waals surface area contributed by atoms with E-state index in [-0.39, 0.29) is 27.5 Å². The number of aromatic nitrogens is 2. The maximum Gasteiger partial charge on any atom is 0.344 e. The van der Waals surface area contributed by atoms with Gasteiger partial charge in [0, 0.05) is 18.2 Å². The normalized spacial score (nSPS) is 12.4. The molecule has 4 rings (SSSR count). The Bertz CT molecular complexity index is 1580. The summed E-state index contributed by atoms with van der Waals surface area (Å²) < 4.78 is 39.9. The standard InChI is InChI=1S/C27H28ClN3O6S/c1-3-16-37-17-15-29-26(32)25(19-7-5-4-6-8-19)30-24-18-20(28)9-14-23(24)31(27(30)33)38(34,35)22-12-10-21(36-2)11-13-22/h4-14,18,25H,3,15-17H2,1-2H3,(H,29,32). The van der Waals surface area contributed by atoms with Crippen LogP contribution in [0.3, 0.4) is 0 Å². The van der Waals surface area contributed by atoms with E-state index in [0.717, 1.165) is 6.42 Å². The van der Waals surface area contributed by atoms with Crippen molar-refractivity contribution in [1.82, 2.24) is 13.9 Å². The molecule has 1 amide bonds. The quantitative estimate of drug-likeness (QED) is 0.281. The summed E-state index contributed by atoms with van der Waals surface area (Å²) in [6.07, 6.45) is 0.846. The molecule has 0 spiro atoms. The summed E-state index contributed by atoms with van der Waals surface area (Å²) in [5.74, 6) is -0.0199. The lowest BCUT2D eigenvalue weighted by Gasteiger charge is -2.19. The van der Waals surface area contributed by atoms with Crippen LogP contribution in [-0.2, 0) is 19.6 Å². The molecule has 38 heavy (non-hydrogen) atoms. The average molecular weight is 558 g/mol. The van der Waals surface area contributed by atoms with E-state index in [0.29, 0.717) is 28.5 Å². The summed E-state index contributed by atoms with van der Waals surface area (Å²) in [6, 6.07) is 17.6. The number of halogens is 1. The van der Waals surface area contributed by atoms with Crippen LogP contribution < -0.4 is 15.7 Å². The number of carbonyl (C=O) groups is 1. The van der Waals surface area contributed by atoms with E-state index < -0.39 is 27.7 Å². The number of carbonyl (C=O) groups excluding carboxylic acids is 1. The topological polar surface area (TPSA) is 109 Å². The van der Waals surface area contributed by atoms with Gasteiger partial charge in [0.05, 0.1) is 29.6 Å². The zero-order valence-electron chi connectivity index (χ0n) is 21.0. The zero-order valence-corrected chi connectivity index (χ0v) is 22.5. The van der Waals surface area contributed by atoms with Crippen LogP contribution in [0.2, 0.25) is 5.02 Å². The van der Waals surface area contributed by atoms with Gasteiger partial charge in [0.1, 0.15) is 11.8 Å². The van der Waals surface area contributed by atoms with Crippen molar-refractivity contribution >= 4 is 38.6 Å². The summed E-state index contributed by atoms with van der Waals surface area (Å²) in [5.41, 5.74) is -0.104. The first-order valence-electron chi connectivity index (χ1n) is 12.0. The Labute approximate surface area is 225 Å². The number of rotatable bonds is 11. The summed E-state index contributed by atoms with van der Waals surface area (Å²) in [4.78, 5) is 27.4. The van der Waals surface area contributed by atoms with E-state index in [2.05, 4.69) is 5.32 Å². The molecule has 0 saturated heterocycles. The minimum atomic E-state index is -4.35. The van der Waals surface area contributed by atoms with Crippen LogP contribution in [0.1, 0.15) is 24.9 Å². The molecule has 9 nitrogen and oxygen atoms in total. The monoisotopic (exact) mass is 557 g/mol. The first-order chi connectivity index (χ1) is 18.3. The molecule has 0 aliphatic rings. The van der Waals surface area contributed by atoms with Crippen LogP contribution in [0.15, 0.2) is 82.5 Å². The molecule has 200 valence electrons. The van der Waals surface area contributed by atoms with Crippen LogP contribution in [0.25, 0.3) is 11.0 Å². The van der Waals surface area contributed by atoms with E-state index in [1.54, 1.807) is 30.3 Å². The van der Waals surface area contributed by atoms with Crippen LogP contribution in [0.4, 0.5) is 0 Å². The van der Waals surface area contributed by atoms with Gasteiger partial charge in [-0.25, -0.2) is 13.2 Å². The van der Waals surface area contributed by atoms with Gasteiger partial charge in [-0.05, 0) is 54.4 Å². The molecule has 1 aromatic heterocycles. The highest BCUT2D eigenvalue weighted by Crippen LogP contribution is 2.28. The molecule has 1 heterocycles. The van der Waals surface area contributed by atoms with Gasteiger partial charge >= 0.3 is 5.69 Å². The molecule has 3 aromatic carbocycles. The summed E-state index contributed by atoms with van der Waals surface area (Å²) in [5, 5.41) is 3.09. The molecule has 0 aliphatic heterocycles. The number of hydrogen-bond acceptors (Lipinski definition) is 6. The maximum absolute atomic E-state index is 14.0. The number of imidazole rings is 1. The van der Waals surface area contributed by atoms with Crippen LogP contribution in [-0.4, -0.2) is 49.7 Å². The Morgan fingerprint density at radius 3 is 2.37 bits per heavy atom. The van der Waals surface area contributed by atoms with Crippen molar-refractivity contribution in [2.24, 2.45) is 0 Å². The fraction of sp³-hybridized carbons (Fsp3) is 0.259. The minimum Gasteiger partial charge on any atom is -0.497 e. The second-order valence-electron chi connectivity index (χ2n) is 8.45. The van der Waals surface area contributed by atoms with E-state index in [1.807, 2.05) is 6.92 Å². The third-order valence-corrected chi connectivity index (χ3v) is 7.85. The Balaban J connectivity index is 1.89. The van der Waals surface area contributed by atoms with Gasteiger partial charge in [0.2, 0.25) is 5.91 Å². The number of fused-ring (bicyclic) bond motifs is 1. The Morgan fingerprint density at radius 1 is 1.00 bits per heavy atom. The molecular weight excluding hydrogens is 530 g/mol. The van der Waals surface area contributed by atoms with Gasteiger partial charge in [0.25, 0.3) is 10.0 Å². The predicted molar refractivity (Wildman–Crippen MR) is 145 cm³/mol. The first kappa shape index (κ1) is 27.4. The van der Waals surface area contributed by atoms with Crippen molar-refractivity contribution < 1.29 is 22.7 Å². The number of hydrogen-bond donors (Lipinski definition) is 1. The highest BCUT2D eigenvalue weighted by atomic mass is 35.5.